The zero-order chi connectivity index (χ0) is 14.0. The summed E-state index contributed by atoms with van der Waals surface area (Å²) >= 11 is 0. The number of anilines is 1. The third-order valence-electron chi connectivity index (χ3n) is 4.28. The lowest BCUT2D eigenvalue weighted by Gasteiger charge is -2.52. The summed E-state index contributed by atoms with van der Waals surface area (Å²) in [6, 6.07) is 8.99. The van der Waals surface area contributed by atoms with Gasteiger partial charge in [0.15, 0.2) is 0 Å². The van der Waals surface area contributed by atoms with Gasteiger partial charge in [0, 0.05) is 23.8 Å². The molecule has 19 heavy (non-hydrogen) atoms. The molecule has 1 aliphatic carbocycles. The molecule has 2 rings (SSSR count). The van der Waals surface area contributed by atoms with Gasteiger partial charge in [-0.25, -0.2) is 0 Å². The van der Waals surface area contributed by atoms with Crippen molar-refractivity contribution in [2.75, 3.05) is 11.9 Å². The molecule has 0 heterocycles. The highest BCUT2D eigenvalue weighted by Crippen LogP contribution is 2.44. The molecule has 2 atom stereocenters. The number of aryl methyl sites for hydroxylation is 1. The van der Waals surface area contributed by atoms with Crippen molar-refractivity contribution in [3.05, 3.63) is 29.8 Å². The molecule has 2 nitrogen and oxygen atoms in total. The normalized spacial score (nSPS) is 25.2. The van der Waals surface area contributed by atoms with E-state index < -0.39 is 0 Å². The van der Waals surface area contributed by atoms with E-state index in [9.17, 15) is 0 Å². The van der Waals surface area contributed by atoms with Crippen LogP contribution in [0.4, 0.5) is 5.69 Å². The molecular weight excluding hydrogens is 234 g/mol. The first-order valence-corrected chi connectivity index (χ1v) is 7.35. The summed E-state index contributed by atoms with van der Waals surface area (Å²) < 4.78 is 6.01. The monoisotopic (exact) mass is 261 g/mol. The van der Waals surface area contributed by atoms with E-state index >= 15 is 0 Å². The van der Waals surface area contributed by atoms with Crippen LogP contribution >= 0.6 is 0 Å². The third-order valence-corrected chi connectivity index (χ3v) is 4.28. The molecule has 0 saturated heterocycles. The number of hydrogen-bond acceptors (Lipinski definition) is 2. The molecule has 1 saturated carbocycles. The molecule has 1 N–H and O–H groups in total. The van der Waals surface area contributed by atoms with Crippen molar-refractivity contribution in [2.45, 2.75) is 53.2 Å². The van der Waals surface area contributed by atoms with E-state index in [2.05, 4.69) is 64.2 Å². The molecule has 1 aliphatic rings. The standard InChI is InChI=1S/C17H27NO/c1-12(2)11-19-16-10-15(17(16,4)5)18-14-9-7-6-8-13(14)3/h6-9,12,15-16,18H,10-11H2,1-5H3. The van der Waals surface area contributed by atoms with Crippen LogP contribution in [0.2, 0.25) is 0 Å². The van der Waals surface area contributed by atoms with Crippen LogP contribution < -0.4 is 5.32 Å². The summed E-state index contributed by atoms with van der Waals surface area (Å²) in [7, 11) is 0. The number of rotatable bonds is 5. The first kappa shape index (κ1) is 14.4. The Labute approximate surface area is 117 Å². The number of hydrogen-bond donors (Lipinski definition) is 1. The summed E-state index contributed by atoms with van der Waals surface area (Å²) in [5, 5.41) is 3.67. The van der Waals surface area contributed by atoms with E-state index in [4.69, 9.17) is 4.74 Å². The molecule has 1 fully saturated rings. The van der Waals surface area contributed by atoms with Gasteiger partial charge in [0.1, 0.15) is 0 Å². The maximum absolute atomic E-state index is 6.01. The topological polar surface area (TPSA) is 21.3 Å². The zero-order valence-corrected chi connectivity index (χ0v) is 12.9. The smallest absolute Gasteiger partial charge is 0.0665 e. The van der Waals surface area contributed by atoms with Crippen molar-refractivity contribution >= 4 is 5.69 Å². The van der Waals surface area contributed by atoms with Gasteiger partial charge in [-0.05, 0) is 30.9 Å². The lowest BCUT2D eigenvalue weighted by molar-refractivity contribution is -0.108. The molecule has 0 aromatic heterocycles. The van der Waals surface area contributed by atoms with Gasteiger partial charge >= 0.3 is 0 Å². The summed E-state index contributed by atoms with van der Waals surface area (Å²) in [6.07, 6.45) is 1.49. The Morgan fingerprint density at radius 2 is 2.00 bits per heavy atom. The van der Waals surface area contributed by atoms with Gasteiger partial charge in [0.05, 0.1) is 6.10 Å². The second kappa shape index (κ2) is 5.54. The number of ether oxygens (including phenoxy) is 1. The minimum absolute atomic E-state index is 0.206. The molecule has 1 aromatic carbocycles. The van der Waals surface area contributed by atoms with Crippen LogP contribution in [0, 0.1) is 18.3 Å². The SMILES string of the molecule is Cc1ccccc1NC1CC(OCC(C)C)C1(C)C. The van der Waals surface area contributed by atoms with Crippen molar-refractivity contribution in [2.24, 2.45) is 11.3 Å². The zero-order valence-electron chi connectivity index (χ0n) is 12.9. The molecule has 0 aliphatic heterocycles. The van der Waals surface area contributed by atoms with Crippen LogP contribution in [0.5, 0.6) is 0 Å². The maximum atomic E-state index is 6.01. The minimum Gasteiger partial charge on any atom is -0.381 e. The highest BCUT2D eigenvalue weighted by Gasteiger charge is 2.49. The quantitative estimate of drug-likeness (QED) is 0.855. The van der Waals surface area contributed by atoms with Gasteiger partial charge < -0.3 is 10.1 Å². The lowest BCUT2D eigenvalue weighted by atomic mass is 9.64. The van der Waals surface area contributed by atoms with Gasteiger partial charge in [-0.15, -0.1) is 0 Å². The van der Waals surface area contributed by atoms with Crippen molar-refractivity contribution < 1.29 is 4.74 Å². The second-order valence-corrected chi connectivity index (χ2v) is 6.78. The largest absolute Gasteiger partial charge is 0.381 e. The molecule has 0 amide bonds. The van der Waals surface area contributed by atoms with E-state index in [1.807, 2.05) is 0 Å². The Kier molecular flexibility index (Phi) is 4.19. The summed E-state index contributed by atoms with van der Waals surface area (Å²) in [5.74, 6) is 0.610. The van der Waals surface area contributed by atoms with E-state index in [0.29, 0.717) is 18.1 Å². The summed E-state index contributed by atoms with van der Waals surface area (Å²) in [5.41, 5.74) is 2.77. The molecule has 2 heteroatoms. The lowest BCUT2D eigenvalue weighted by Crippen LogP contribution is -2.58. The van der Waals surface area contributed by atoms with Gasteiger partial charge in [0.2, 0.25) is 0 Å². The van der Waals surface area contributed by atoms with Crippen molar-refractivity contribution in [1.29, 1.82) is 0 Å². The van der Waals surface area contributed by atoms with Crippen LogP contribution in [0.25, 0.3) is 0 Å². The number of benzene rings is 1. The van der Waals surface area contributed by atoms with Gasteiger partial charge in [-0.1, -0.05) is 45.9 Å². The fourth-order valence-electron chi connectivity index (χ4n) is 2.64. The minimum atomic E-state index is 0.206. The van der Waals surface area contributed by atoms with Crippen LogP contribution in [0.15, 0.2) is 24.3 Å². The summed E-state index contributed by atoms with van der Waals surface area (Å²) in [4.78, 5) is 0. The van der Waals surface area contributed by atoms with Crippen LogP contribution in [0.1, 0.15) is 39.7 Å². The maximum Gasteiger partial charge on any atom is 0.0665 e. The Balaban J connectivity index is 1.93. The van der Waals surface area contributed by atoms with Gasteiger partial charge in [-0.3, -0.25) is 0 Å². The molecular formula is C17H27NO. The highest BCUT2D eigenvalue weighted by molar-refractivity contribution is 5.51. The van der Waals surface area contributed by atoms with Crippen LogP contribution in [-0.4, -0.2) is 18.8 Å². The fourth-order valence-corrected chi connectivity index (χ4v) is 2.64. The van der Waals surface area contributed by atoms with E-state index in [0.717, 1.165) is 13.0 Å². The second-order valence-electron chi connectivity index (χ2n) is 6.78. The highest BCUT2D eigenvalue weighted by atomic mass is 16.5. The Bertz CT molecular complexity index is 425. The molecule has 0 radical (unpaired) electrons. The average molecular weight is 261 g/mol. The van der Waals surface area contributed by atoms with E-state index in [1.54, 1.807) is 0 Å². The summed E-state index contributed by atoms with van der Waals surface area (Å²) in [6.45, 7) is 12.0. The first-order chi connectivity index (χ1) is 8.91. The predicted octanol–water partition coefficient (Wildman–Crippen LogP) is 4.25. The van der Waals surface area contributed by atoms with Gasteiger partial charge in [-0.2, -0.15) is 0 Å². The first-order valence-electron chi connectivity index (χ1n) is 7.35. The van der Waals surface area contributed by atoms with E-state index in [-0.39, 0.29) is 5.41 Å². The van der Waals surface area contributed by atoms with E-state index in [1.165, 1.54) is 11.3 Å². The molecule has 106 valence electrons. The molecule has 1 aromatic rings. The molecule has 0 spiro atoms. The van der Waals surface area contributed by atoms with Crippen LogP contribution in [-0.2, 0) is 4.74 Å². The number of nitrogens with one attached hydrogen (secondary N) is 1. The third kappa shape index (κ3) is 3.11. The Hall–Kier alpha value is -1.02. The van der Waals surface area contributed by atoms with Crippen molar-refractivity contribution in [3.63, 3.8) is 0 Å². The van der Waals surface area contributed by atoms with Gasteiger partial charge in [0.25, 0.3) is 0 Å². The molecule has 2 unspecified atom stereocenters. The fraction of sp³-hybridized carbons (Fsp3) is 0.647. The molecule has 0 bridgehead atoms. The van der Waals surface area contributed by atoms with Crippen molar-refractivity contribution in [3.8, 4) is 0 Å². The number of para-hydroxylation sites is 1. The predicted molar refractivity (Wildman–Crippen MR) is 81.6 cm³/mol. The Morgan fingerprint density at radius 3 is 2.58 bits per heavy atom. The van der Waals surface area contributed by atoms with Crippen molar-refractivity contribution in [1.82, 2.24) is 0 Å². The average Bonchev–Trinajstić information content (AvgIpc) is 2.34. The Morgan fingerprint density at radius 1 is 1.32 bits per heavy atom. The van der Waals surface area contributed by atoms with Crippen LogP contribution in [0.3, 0.4) is 0 Å².